The highest BCUT2D eigenvalue weighted by Gasteiger charge is 2.08. The van der Waals surface area contributed by atoms with Crippen LogP contribution < -0.4 is 40.8 Å². The molecule has 0 aromatic carbocycles. The highest BCUT2D eigenvalue weighted by Crippen LogP contribution is 1.98. The highest BCUT2D eigenvalue weighted by atomic mass is 35.5. The topological polar surface area (TPSA) is 120 Å². The summed E-state index contributed by atoms with van der Waals surface area (Å²) in [5.41, 5.74) is 13.1. The molecular weight excluding hydrogens is 279 g/mol. The average Bonchev–Trinajstić information content (AvgIpc) is 2.34. The second-order valence-electron chi connectivity index (χ2n) is 3.10. The first-order valence-corrected chi connectivity index (χ1v) is 4.87. The largest absolute Gasteiger partial charge is 1.00 e. The van der Waals surface area contributed by atoms with Crippen LogP contribution in [0.4, 0.5) is 0 Å². The molecule has 0 aliphatic rings. The number of amides is 1. The molecule has 0 aliphatic heterocycles. The first-order valence-electron chi connectivity index (χ1n) is 4.87. The van der Waals surface area contributed by atoms with E-state index in [0.29, 0.717) is 18.7 Å². The lowest BCUT2D eigenvalue weighted by molar-refractivity contribution is -0.390. The van der Waals surface area contributed by atoms with Crippen LogP contribution in [-0.4, -0.2) is 19.0 Å². The van der Waals surface area contributed by atoms with E-state index in [1.807, 2.05) is 0 Å². The van der Waals surface area contributed by atoms with E-state index in [2.05, 4.69) is 26.1 Å². The van der Waals surface area contributed by atoms with Crippen molar-refractivity contribution in [3.63, 3.8) is 0 Å². The lowest BCUT2D eigenvalue weighted by atomic mass is 10.2. The number of carbonyl (C=O) groups is 1. The predicted octanol–water partition coefficient (Wildman–Crippen LogP) is -6.71. The quantitative estimate of drug-likeness (QED) is 0.313. The van der Waals surface area contributed by atoms with Crippen LogP contribution in [0.25, 0.3) is 10.4 Å². The molecule has 0 atom stereocenters. The Morgan fingerprint density at radius 1 is 1.50 bits per heavy atom. The molecule has 9 heteroatoms. The van der Waals surface area contributed by atoms with Gasteiger partial charge in [0.25, 0.3) is 5.91 Å². The van der Waals surface area contributed by atoms with Gasteiger partial charge >= 0.3 is 0 Å². The standard InChI is InChI=1S/C9H12N6O.2ClH/c10-3-4-12-9(16)7-1-2-8(13-5-7)6-14-15-11;;/h1-2,5H,3-4,6,10H2,(H,12,16);2*1H. The SMILES string of the molecule is [Cl-].[Cl-].[N-]=[N+]=NCc1ccc(C(=O)NCC[NH3+])c[nH+]1. The molecule has 1 aromatic heterocycles. The molecule has 0 saturated carbocycles. The number of carbonyl (C=O) groups excluding carboxylic acids is 1. The molecule has 0 spiro atoms. The maximum absolute atomic E-state index is 11.5. The fourth-order valence-corrected chi connectivity index (χ4v) is 1.11. The van der Waals surface area contributed by atoms with Gasteiger partial charge in [0.15, 0.2) is 11.9 Å². The van der Waals surface area contributed by atoms with E-state index in [-0.39, 0.29) is 37.3 Å². The van der Waals surface area contributed by atoms with Gasteiger partial charge < -0.3 is 35.9 Å². The monoisotopic (exact) mass is 292 g/mol. The molecule has 0 saturated heterocycles. The number of aromatic amines is 1. The Bertz CT molecular complexity index is 404. The lowest BCUT2D eigenvalue weighted by Gasteiger charge is -1.99. The number of hydrogen-bond donors (Lipinski definition) is 2. The second kappa shape index (κ2) is 10.6. The number of azide groups is 1. The second-order valence-corrected chi connectivity index (χ2v) is 3.10. The summed E-state index contributed by atoms with van der Waals surface area (Å²) >= 11 is 0. The Labute approximate surface area is 117 Å². The van der Waals surface area contributed by atoms with E-state index in [1.54, 1.807) is 18.3 Å². The first kappa shape index (κ1) is 18.8. The molecule has 0 bridgehead atoms. The van der Waals surface area contributed by atoms with Gasteiger partial charge in [-0.3, -0.25) is 4.79 Å². The van der Waals surface area contributed by atoms with Crippen molar-refractivity contribution in [2.45, 2.75) is 6.54 Å². The van der Waals surface area contributed by atoms with Crippen LogP contribution >= 0.6 is 0 Å². The molecule has 1 aromatic rings. The number of quaternary nitrogens is 1. The van der Waals surface area contributed by atoms with Crippen molar-refractivity contribution >= 4 is 5.91 Å². The summed E-state index contributed by atoms with van der Waals surface area (Å²) in [4.78, 5) is 17.0. The third kappa shape index (κ3) is 6.27. The zero-order valence-electron chi connectivity index (χ0n) is 9.57. The molecule has 0 aliphatic carbocycles. The molecule has 1 heterocycles. The van der Waals surface area contributed by atoms with Crippen molar-refractivity contribution in [2.24, 2.45) is 5.11 Å². The molecule has 1 rings (SSSR count). The number of hydrogen-bond acceptors (Lipinski definition) is 2. The minimum atomic E-state index is -0.143. The number of nitrogens with one attached hydrogen (secondary N) is 2. The fourth-order valence-electron chi connectivity index (χ4n) is 1.11. The summed E-state index contributed by atoms with van der Waals surface area (Å²) in [6.07, 6.45) is 1.58. The number of H-pyrrole nitrogens is 1. The lowest BCUT2D eigenvalue weighted by Crippen LogP contribution is -3.00. The van der Waals surface area contributed by atoms with Crippen molar-refractivity contribution in [3.8, 4) is 0 Å². The summed E-state index contributed by atoms with van der Waals surface area (Å²) in [5.74, 6) is -0.143. The maximum atomic E-state index is 11.5. The number of halogens is 2. The summed E-state index contributed by atoms with van der Waals surface area (Å²) in [5, 5.41) is 6.11. The van der Waals surface area contributed by atoms with Crippen LogP contribution in [0.3, 0.4) is 0 Å². The normalized spacial score (nSPS) is 8.28. The van der Waals surface area contributed by atoms with E-state index < -0.39 is 0 Å². The number of aromatic nitrogens is 1. The molecule has 0 radical (unpaired) electrons. The van der Waals surface area contributed by atoms with E-state index in [0.717, 1.165) is 5.69 Å². The van der Waals surface area contributed by atoms with Crippen LogP contribution in [-0.2, 0) is 6.54 Å². The van der Waals surface area contributed by atoms with Gasteiger partial charge in [0.05, 0.1) is 13.1 Å². The van der Waals surface area contributed by atoms with Crippen LogP contribution in [0.5, 0.6) is 0 Å². The predicted molar refractivity (Wildman–Crippen MR) is 55.9 cm³/mol. The van der Waals surface area contributed by atoms with Gasteiger partial charge in [-0.25, -0.2) is 4.98 Å². The molecule has 0 unspecified atom stereocenters. The van der Waals surface area contributed by atoms with Crippen LogP contribution in [0.1, 0.15) is 16.1 Å². The Morgan fingerprint density at radius 2 is 2.22 bits per heavy atom. The number of pyridine rings is 1. The Balaban J connectivity index is 0. The third-order valence-electron chi connectivity index (χ3n) is 1.91. The third-order valence-corrected chi connectivity index (χ3v) is 1.91. The molecule has 5 N–H and O–H groups in total. The van der Waals surface area contributed by atoms with Crippen molar-refractivity contribution in [1.29, 1.82) is 0 Å². The van der Waals surface area contributed by atoms with Crippen LogP contribution in [0.2, 0.25) is 0 Å². The molecule has 7 nitrogen and oxygen atoms in total. The van der Waals surface area contributed by atoms with Gasteiger partial charge in [-0.05, 0) is 11.6 Å². The minimum Gasteiger partial charge on any atom is -1.00 e. The molecule has 1 amide bonds. The zero-order valence-corrected chi connectivity index (χ0v) is 11.1. The van der Waals surface area contributed by atoms with Gasteiger partial charge in [0.2, 0.25) is 0 Å². The number of rotatable bonds is 5. The van der Waals surface area contributed by atoms with E-state index >= 15 is 0 Å². The van der Waals surface area contributed by atoms with Gasteiger partial charge in [0, 0.05) is 11.0 Å². The molecule has 18 heavy (non-hydrogen) atoms. The summed E-state index contributed by atoms with van der Waals surface area (Å²) < 4.78 is 0. The van der Waals surface area contributed by atoms with E-state index in [4.69, 9.17) is 5.53 Å². The van der Waals surface area contributed by atoms with Crippen molar-refractivity contribution in [1.82, 2.24) is 5.32 Å². The van der Waals surface area contributed by atoms with Crippen LogP contribution in [0.15, 0.2) is 23.4 Å². The Kier molecular flexibility index (Phi) is 11.1. The van der Waals surface area contributed by atoms with Crippen molar-refractivity contribution in [2.75, 3.05) is 13.1 Å². The highest BCUT2D eigenvalue weighted by molar-refractivity contribution is 5.93. The van der Waals surface area contributed by atoms with Crippen molar-refractivity contribution < 1.29 is 40.3 Å². The minimum absolute atomic E-state index is 0. The van der Waals surface area contributed by atoms with E-state index in [9.17, 15) is 4.79 Å². The summed E-state index contributed by atoms with van der Waals surface area (Å²) in [7, 11) is 0. The summed E-state index contributed by atoms with van der Waals surface area (Å²) in [6, 6.07) is 3.39. The first-order chi connectivity index (χ1) is 7.77. The maximum Gasteiger partial charge on any atom is 0.257 e. The Hall–Kier alpha value is -1.53. The smallest absolute Gasteiger partial charge is 0.257 e. The van der Waals surface area contributed by atoms with Crippen molar-refractivity contribution in [3.05, 3.63) is 40.0 Å². The van der Waals surface area contributed by atoms with E-state index in [1.165, 1.54) is 0 Å². The average molecular weight is 293 g/mol. The van der Waals surface area contributed by atoms with Gasteiger partial charge in [-0.2, -0.15) is 0 Å². The summed E-state index contributed by atoms with van der Waals surface area (Å²) in [6.45, 7) is 1.46. The Morgan fingerprint density at radius 3 is 2.72 bits per heavy atom. The molecule has 100 valence electrons. The molecule has 0 fully saturated rings. The molecular formula is C9H14Cl2N6O. The van der Waals surface area contributed by atoms with Gasteiger partial charge in [-0.1, -0.05) is 5.11 Å². The number of nitrogens with zero attached hydrogens (tertiary/aromatic N) is 3. The zero-order chi connectivity index (χ0) is 11.8. The fraction of sp³-hybridized carbons (Fsp3) is 0.333. The van der Waals surface area contributed by atoms with Gasteiger partial charge in [-0.15, -0.1) is 0 Å². The van der Waals surface area contributed by atoms with Gasteiger partial charge in [0.1, 0.15) is 12.1 Å². The van der Waals surface area contributed by atoms with Crippen LogP contribution in [0, 0.1) is 0 Å².